The number of halogens is 1. The van der Waals surface area contributed by atoms with Crippen molar-refractivity contribution < 1.29 is 9.13 Å². The van der Waals surface area contributed by atoms with Crippen LogP contribution in [-0.4, -0.2) is 4.98 Å². The Labute approximate surface area is 101 Å². The summed E-state index contributed by atoms with van der Waals surface area (Å²) in [5, 5.41) is 0. The first-order valence-corrected chi connectivity index (χ1v) is 5.61. The van der Waals surface area contributed by atoms with Crippen LogP contribution in [0.2, 0.25) is 0 Å². The maximum atomic E-state index is 12.8. The van der Waals surface area contributed by atoms with Gasteiger partial charge < -0.3 is 4.74 Å². The summed E-state index contributed by atoms with van der Waals surface area (Å²) >= 11 is 0. The van der Waals surface area contributed by atoms with E-state index < -0.39 is 0 Å². The molecule has 0 unspecified atom stereocenters. The Morgan fingerprint density at radius 2 is 1.76 bits per heavy atom. The van der Waals surface area contributed by atoms with Crippen LogP contribution in [0.25, 0.3) is 0 Å². The van der Waals surface area contributed by atoms with Crippen molar-refractivity contribution in [3.63, 3.8) is 0 Å². The van der Waals surface area contributed by atoms with Gasteiger partial charge in [-0.1, -0.05) is 26.0 Å². The van der Waals surface area contributed by atoms with Crippen LogP contribution >= 0.6 is 0 Å². The Hall–Kier alpha value is -1.90. The van der Waals surface area contributed by atoms with Gasteiger partial charge in [0.15, 0.2) is 0 Å². The molecule has 0 saturated carbocycles. The van der Waals surface area contributed by atoms with Crippen molar-refractivity contribution >= 4 is 0 Å². The third kappa shape index (κ3) is 4.23. The topological polar surface area (TPSA) is 22.1 Å². The normalized spacial score (nSPS) is 9.18. The summed E-state index contributed by atoms with van der Waals surface area (Å²) in [7, 11) is 0. The Balaban J connectivity index is 0.000000686. The van der Waals surface area contributed by atoms with Gasteiger partial charge in [0.05, 0.1) is 0 Å². The van der Waals surface area contributed by atoms with E-state index in [9.17, 15) is 4.39 Å². The fraction of sp³-hybridized carbons (Fsp3) is 0.214. The number of pyridine rings is 1. The molecule has 0 atom stereocenters. The van der Waals surface area contributed by atoms with Gasteiger partial charge in [-0.2, -0.15) is 0 Å². The zero-order chi connectivity index (χ0) is 12.7. The van der Waals surface area contributed by atoms with E-state index in [0.29, 0.717) is 11.6 Å². The van der Waals surface area contributed by atoms with Crippen LogP contribution in [0.3, 0.4) is 0 Å². The van der Waals surface area contributed by atoms with Gasteiger partial charge in [-0.25, -0.2) is 9.37 Å². The summed E-state index contributed by atoms with van der Waals surface area (Å²) in [6.07, 6.45) is 0. The Morgan fingerprint density at radius 3 is 2.41 bits per heavy atom. The molecule has 17 heavy (non-hydrogen) atoms. The standard InChI is InChI=1S/C12H10FNO.C2H6/c1-9-4-2-7-12(14-9)15-11-6-3-5-10(13)8-11;1-2/h2-8H,1H3;1-2H3. The number of hydrogen-bond acceptors (Lipinski definition) is 2. The lowest BCUT2D eigenvalue weighted by atomic mass is 10.3. The van der Waals surface area contributed by atoms with Crippen LogP contribution in [0, 0.1) is 12.7 Å². The Kier molecular flexibility index (Phi) is 5.14. The van der Waals surface area contributed by atoms with Crippen molar-refractivity contribution in [2.24, 2.45) is 0 Å². The third-order valence-corrected chi connectivity index (χ3v) is 1.88. The van der Waals surface area contributed by atoms with E-state index in [2.05, 4.69) is 4.98 Å². The molecule has 0 fully saturated rings. The van der Waals surface area contributed by atoms with Crippen LogP contribution < -0.4 is 4.74 Å². The van der Waals surface area contributed by atoms with Crippen LogP contribution in [0.5, 0.6) is 11.6 Å². The van der Waals surface area contributed by atoms with Crippen molar-refractivity contribution in [2.45, 2.75) is 20.8 Å². The fourth-order valence-electron chi connectivity index (χ4n) is 1.23. The molecular formula is C14H16FNO. The Bertz CT molecular complexity index is 428. The monoisotopic (exact) mass is 233 g/mol. The maximum absolute atomic E-state index is 12.8. The highest BCUT2D eigenvalue weighted by atomic mass is 19.1. The van der Waals surface area contributed by atoms with Crippen molar-refractivity contribution in [3.05, 3.63) is 54.0 Å². The summed E-state index contributed by atoms with van der Waals surface area (Å²) in [5.41, 5.74) is 0.865. The molecule has 0 aliphatic rings. The van der Waals surface area contributed by atoms with Crippen LogP contribution in [0.15, 0.2) is 42.5 Å². The molecule has 0 bridgehead atoms. The smallest absolute Gasteiger partial charge is 0.219 e. The zero-order valence-corrected chi connectivity index (χ0v) is 10.3. The minimum atomic E-state index is -0.319. The van der Waals surface area contributed by atoms with Crippen molar-refractivity contribution in [2.75, 3.05) is 0 Å². The van der Waals surface area contributed by atoms with E-state index in [0.717, 1.165) is 5.69 Å². The summed E-state index contributed by atoms with van der Waals surface area (Å²) in [5.74, 6) is 0.605. The minimum Gasteiger partial charge on any atom is -0.439 e. The van der Waals surface area contributed by atoms with Crippen molar-refractivity contribution in [1.29, 1.82) is 0 Å². The van der Waals surface area contributed by atoms with Gasteiger partial charge in [-0.15, -0.1) is 0 Å². The molecule has 0 aliphatic heterocycles. The lowest BCUT2D eigenvalue weighted by molar-refractivity contribution is 0.457. The van der Waals surface area contributed by atoms with Crippen LogP contribution in [-0.2, 0) is 0 Å². The van der Waals surface area contributed by atoms with Gasteiger partial charge >= 0.3 is 0 Å². The largest absolute Gasteiger partial charge is 0.439 e. The maximum Gasteiger partial charge on any atom is 0.219 e. The summed E-state index contributed by atoms with van der Waals surface area (Å²) < 4.78 is 18.2. The third-order valence-electron chi connectivity index (χ3n) is 1.88. The second kappa shape index (κ2) is 6.63. The highest BCUT2D eigenvalue weighted by molar-refractivity contribution is 5.27. The van der Waals surface area contributed by atoms with E-state index in [1.165, 1.54) is 12.1 Å². The molecule has 0 radical (unpaired) electrons. The number of aryl methyl sites for hydroxylation is 1. The SMILES string of the molecule is CC.Cc1cccc(Oc2cccc(F)c2)n1. The lowest BCUT2D eigenvalue weighted by Crippen LogP contribution is -1.89. The lowest BCUT2D eigenvalue weighted by Gasteiger charge is -2.04. The molecule has 2 nitrogen and oxygen atoms in total. The van der Waals surface area contributed by atoms with Crippen LogP contribution in [0.1, 0.15) is 19.5 Å². The van der Waals surface area contributed by atoms with Gasteiger partial charge in [0.25, 0.3) is 0 Å². The average molecular weight is 233 g/mol. The van der Waals surface area contributed by atoms with E-state index in [4.69, 9.17) is 4.74 Å². The Morgan fingerprint density at radius 1 is 1.06 bits per heavy atom. The first-order valence-electron chi connectivity index (χ1n) is 5.61. The number of rotatable bonds is 2. The first-order chi connectivity index (χ1) is 8.24. The van der Waals surface area contributed by atoms with E-state index in [-0.39, 0.29) is 5.82 Å². The molecule has 3 heteroatoms. The van der Waals surface area contributed by atoms with Crippen molar-refractivity contribution in [1.82, 2.24) is 4.98 Å². The molecule has 0 spiro atoms. The molecule has 0 saturated heterocycles. The minimum absolute atomic E-state index is 0.319. The number of hydrogen-bond donors (Lipinski definition) is 0. The molecule has 0 amide bonds. The predicted octanol–water partition coefficient (Wildman–Crippen LogP) is 4.35. The molecule has 1 aromatic heterocycles. The van der Waals surface area contributed by atoms with E-state index in [1.54, 1.807) is 18.2 Å². The number of nitrogens with zero attached hydrogens (tertiary/aromatic N) is 1. The molecular weight excluding hydrogens is 217 g/mol. The van der Waals surface area contributed by atoms with Gasteiger partial charge in [0, 0.05) is 17.8 Å². The zero-order valence-electron chi connectivity index (χ0n) is 10.3. The van der Waals surface area contributed by atoms with E-state index >= 15 is 0 Å². The number of ether oxygens (including phenoxy) is 1. The predicted molar refractivity (Wildman–Crippen MR) is 66.8 cm³/mol. The van der Waals surface area contributed by atoms with Crippen molar-refractivity contribution in [3.8, 4) is 11.6 Å². The quantitative estimate of drug-likeness (QED) is 0.769. The first kappa shape index (κ1) is 13.2. The summed E-state index contributed by atoms with van der Waals surface area (Å²) in [6.45, 7) is 5.87. The van der Waals surface area contributed by atoms with E-state index in [1.807, 2.05) is 32.9 Å². The molecule has 1 aromatic carbocycles. The summed E-state index contributed by atoms with van der Waals surface area (Å²) in [6, 6.07) is 11.4. The summed E-state index contributed by atoms with van der Waals surface area (Å²) in [4.78, 5) is 4.15. The van der Waals surface area contributed by atoms with Gasteiger partial charge in [-0.05, 0) is 25.1 Å². The molecule has 2 rings (SSSR count). The second-order valence-corrected chi connectivity index (χ2v) is 3.18. The molecule has 0 N–H and O–H groups in total. The highest BCUT2D eigenvalue weighted by Gasteiger charge is 1.99. The average Bonchev–Trinajstić information content (AvgIpc) is 2.31. The van der Waals surface area contributed by atoms with Gasteiger partial charge in [0.2, 0.25) is 5.88 Å². The van der Waals surface area contributed by atoms with Gasteiger partial charge in [0.1, 0.15) is 11.6 Å². The highest BCUT2D eigenvalue weighted by Crippen LogP contribution is 2.19. The van der Waals surface area contributed by atoms with Crippen LogP contribution in [0.4, 0.5) is 4.39 Å². The molecule has 0 aliphatic carbocycles. The number of benzene rings is 1. The number of aromatic nitrogens is 1. The van der Waals surface area contributed by atoms with Gasteiger partial charge in [-0.3, -0.25) is 0 Å². The molecule has 1 heterocycles. The second-order valence-electron chi connectivity index (χ2n) is 3.18. The fourth-order valence-corrected chi connectivity index (χ4v) is 1.23. The molecule has 2 aromatic rings. The molecule has 90 valence electrons.